The van der Waals surface area contributed by atoms with Crippen molar-refractivity contribution in [3.63, 3.8) is 0 Å². The number of ether oxygens (including phenoxy) is 1. The number of nitrogens with zero attached hydrogens (tertiary/aromatic N) is 1. The summed E-state index contributed by atoms with van der Waals surface area (Å²) in [7, 11) is 1.62. The SMILES string of the molecule is COc1cccc(C(NC(=O)c2cc(-c3cccs3)on2)c2ccccc2)c1. The Bertz CT molecular complexity index is 1060. The van der Waals surface area contributed by atoms with Crippen LogP contribution in [-0.2, 0) is 0 Å². The van der Waals surface area contributed by atoms with Crippen LogP contribution in [-0.4, -0.2) is 18.2 Å². The molecule has 1 N–H and O–H groups in total. The Morgan fingerprint density at radius 2 is 1.86 bits per heavy atom. The minimum atomic E-state index is -0.342. The summed E-state index contributed by atoms with van der Waals surface area (Å²) in [5.41, 5.74) is 2.12. The molecule has 0 saturated heterocycles. The van der Waals surface area contributed by atoms with Gasteiger partial charge in [0.05, 0.1) is 18.0 Å². The van der Waals surface area contributed by atoms with Gasteiger partial charge in [-0.05, 0) is 34.7 Å². The summed E-state index contributed by atoms with van der Waals surface area (Å²) in [6.07, 6.45) is 0. The minimum absolute atomic E-state index is 0.243. The van der Waals surface area contributed by atoms with Crippen LogP contribution in [0.1, 0.15) is 27.7 Å². The quantitative estimate of drug-likeness (QED) is 0.507. The molecule has 4 aromatic rings. The van der Waals surface area contributed by atoms with Crippen molar-refractivity contribution in [1.82, 2.24) is 10.5 Å². The molecule has 2 aromatic carbocycles. The Balaban J connectivity index is 1.63. The van der Waals surface area contributed by atoms with E-state index in [1.807, 2.05) is 72.1 Å². The zero-order valence-electron chi connectivity index (χ0n) is 15.2. The van der Waals surface area contributed by atoms with Crippen LogP contribution >= 0.6 is 11.3 Å². The van der Waals surface area contributed by atoms with Gasteiger partial charge >= 0.3 is 0 Å². The van der Waals surface area contributed by atoms with Crippen LogP contribution < -0.4 is 10.1 Å². The highest BCUT2D eigenvalue weighted by Crippen LogP contribution is 2.27. The van der Waals surface area contributed by atoms with Gasteiger partial charge in [0, 0.05) is 6.07 Å². The molecule has 1 unspecified atom stereocenters. The fourth-order valence-electron chi connectivity index (χ4n) is 2.95. The van der Waals surface area contributed by atoms with Gasteiger partial charge in [-0.1, -0.05) is 53.7 Å². The Labute approximate surface area is 166 Å². The van der Waals surface area contributed by atoms with Gasteiger partial charge in [-0.3, -0.25) is 4.79 Å². The van der Waals surface area contributed by atoms with Crippen molar-refractivity contribution in [2.45, 2.75) is 6.04 Å². The molecule has 0 fully saturated rings. The highest BCUT2D eigenvalue weighted by molar-refractivity contribution is 7.13. The summed E-state index contributed by atoms with van der Waals surface area (Å²) in [5.74, 6) is 1.01. The summed E-state index contributed by atoms with van der Waals surface area (Å²) < 4.78 is 10.7. The Morgan fingerprint density at radius 1 is 1.04 bits per heavy atom. The number of nitrogens with one attached hydrogen (secondary N) is 1. The Kier molecular flexibility index (Phi) is 5.21. The van der Waals surface area contributed by atoms with Crippen LogP contribution in [0.2, 0.25) is 0 Å². The van der Waals surface area contributed by atoms with E-state index in [1.165, 1.54) is 11.3 Å². The second-order valence-corrected chi connectivity index (χ2v) is 7.10. The number of rotatable bonds is 6. The maximum absolute atomic E-state index is 12.9. The highest BCUT2D eigenvalue weighted by atomic mass is 32.1. The predicted molar refractivity (Wildman–Crippen MR) is 109 cm³/mol. The third-order valence-electron chi connectivity index (χ3n) is 4.34. The van der Waals surface area contributed by atoms with Crippen molar-refractivity contribution in [1.29, 1.82) is 0 Å². The van der Waals surface area contributed by atoms with Crippen LogP contribution in [0.15, 0.2) is 82.7 Å². The van der Waals surface area contributed by atoms with E-state index < -0.39 is 0 Å². The summed E-state index contributed by atoms with van der Waals surface area (Å²) >= 11 is 1.53. The first-order chi connectivity index (χ1) is 13.7. The lowest BCUT2D eigenvalue weighted by Crippen LogP contribution is -2.29. The van der Waals surface area contributed by atoms with Crippen molar-refractivity contribution in [3.05, 3.63) is 95.0 Å². The lowest BCUT2D eigenvalue weighted by atomic mass is 9.98. The van der Waals surface area contributed by atoms with Crippen molar-refractivity contribution >= 4 is 17.2 Å². The number of aromatic nitrogens is 1. The fraction of sp³-hybridized carbons (Fsp3) is 0.0909. The molecule has 0 radical (unpaired) electrons. The molecule has 6 heteroatoms. The molecule has 5 nitrogen and oxygen atoms in total. The largest absolute Gasteiger partial charge is 0.497 e. The lowest BCUT2D eigenvalue weighted by molar-refractivity contribution is 0.0934. The third kappa shape index (κ3) is 3.82. The molecule has 0 aliphatic carbocycles. The van der Waals surface area contributed by atoms with Crippen LogP contribution in [0.3, 0.4) is 0 Å². The van der Waals surface area contributed by atoms with E-state index in [2.05, 4.69) is 10.5 Å². The molecule has 2 heterocycles. The lowest BCUT2D eigenvalue weighted by Gasteiger charge is -2.19. The number of hydrogen-bond donors (Lipinski definition) is 1. The predicted octanol–water partition coefficient (Wildman–Crippen LogP) is 4.93. The smallest absolute Gasteiger partial charge is 0.274 e. The van der Waals surface area contributed by atoms with Crippen molar-refractivity contribution in [2.24, 2.45) is 0 Å². The molecule has 140 valence electrons. The van der Waals surface area contributed by atoms with Crippen LogP contribution in [0.5, 0.6) is 5.75 Å². The number of hydrogen-bond acceptors (Lipinski definition) is 5. The van der Waals surface area contributed by atoms with Crippen molar-refractivity contribution < 1.29 is 14.1 Å². The molecule has 0 aliphatic heterocycles. The van der Waals surface area contributed by atoms with Crippen LogP contribution in [0.25, 0.3) is 10.6 Å². The maximum Gasteiger partial charge on any atom is 0.274 e. The first-order valence-electron chi connectivity index (χ1n) is 8.75. The normalized spacial score (nSPS) is 11.8. The Morgan fingerprint density at radius 3 is 2.61 bits per heavy atom. The summed E-state index contributed by atoms with van der Waals surface area (Å²) in [6.45, 7) is 0. The summed E-state index contributed by atoms with van der Waals surface area (Å²) in [5, 5.41) is 8.95. The molecule has 1 amide bonds. The number of carbonyl (C=O) groups excluding carboxylic acids is 1. The molecule has 1 atom stereocenters. The first-order valence-corrected chi connectivity index (χ1v) is 9.63. The summed E-state index contributed by atoms with van der Waals surface area (Å²) in [4.78, 5) is 13.8. The molecular formula is C22H18N2O3S. The highest BCUT2D eigenvalue weighted by Gasteiger charge is 2.21. The van der Waals surface area contributed by atoms with Gasteiger partial charge in [-0.2, -0.15) is 0 Å². The van der Waals surface area contributed by atoms with E-state index in [9.17, 15) is 4.79 Å². The molecule has 28 heavy (non-hydrogen) atoms. The molecule has 2 aromatic heterocycles. The molecule has 0 saturated carbocycles. The average molecular weight is 390 g/mol. The number of carbonyl (C=O) groups is 1. The second-order valence-electron chi connectivity index (χ2n) is 6.15. The average Bonchev–Trinajstić information content (AvgIpc) is 3.44. The van der Waals surface area contributed by atoms with Gasteiger partial charge in [-0.25, -0.2) is 0 Å². The standard InChI is InChI=1S/C22H18N2O3S/c1-26-17-10-5-9-16(13-17)21(15-7-3-2-4-8-15)23-22(25)18-14-19(27-24-18)20-11-6-12-28-20/h2-14,21H,1H3,(H,23,25). The Hall–Kier alpha value is -3.38. The second kappa shape index (κ2) is 8.10. The molecule has 0 spiro atoms. The maximum atomic E-state index is 12.9. The van der Waals surface area contributed by atoms with Gasteiger partial charge in [0.2, 0.25) is 0 Å². The summed E-state index contributed by atoms with van der Waals surface area (Å²) in [6, 6.07) is 22.6. The number of thiophene rings is 1. The van der Waals surface area contributed by atoms with E-state index >= 15 is 0 Å². The van der Waals surface area contributed by atoms with E-state index in [1.54, 1.807) is 13.2 Å². The van der Waals surface area contributed by atoms with Gasteiger partial charge < -0.3 is 14.6 Å². The molecule has 0 bridgehead atoms. The third-order valence-corrected chi connectivity index (χ3v) is 5.23. The van der Waals surface area contributed by atoms with E-state index in [0.717, 1.165) is 21.8 Å². The minimum Gasteiger partial charge on any atom is -0.497 e. The van der Waals surface area contributed by atoms with E-state index in [-0.39, 0.29) is 17.6 Å². The molecule has 4 rings (SSSR count). The number of benzene rings is 2. The van der Waals surface area contributed by atoms with E-state index in [0.29, 0.717) is 5.76 Å². The zero-order valence-corrected chi connectivity index (χ0v) is 16.0. The van der Waals surface area contributed by atoms with Gasteiger partial charge in [-0.15, -0.1) is 11.3 Å². The zero-order chi connectivity index (χ0) is 19.3. The van der Waals surface area contributed by atoms with Gasteiger partial charge in [0.1, 0.15) is 5.75 Å². The monoisotopic (exact) mass is 390 g/mol. The van der Waals surface area contributed by atoms with Crippen LogP contribution in [0.4, 0.5) is 0 Å². The first kappa shape index (κ1) is 18.0. The topological polar surface area (TPSA) is 64.4 Å². The number of amides is 1. The molecular weight excluding hydrogens is 372 g/mol. The van der Waals surface area contributed by atoms with Crippen molar-refractivity contribution in [2.75, 3.05) is 7.11 Å². The van der Waals surface area contributed by atoms with E-state index in [4.69, 9.17) is 9.26 Å². The number of methoxy groups -OCH3 is 1. The van der Waals surface area contributed by atoms with Gasteiger partial charge in [0.25, 0.3) is 5.91 Å². The van der Waals surface area contributed by atoms with Gasteiger partial charge in [0.15, 0.2) is 11.5 Å². The van der Waals surface area contributed by atoms with Crippen molar-refractivity contribution in [3.8, 4) is 16.4 Å². The van der Waals surface area contributed by atoms with Crippen LogP contribution in [0, 0.1) is 0 Å². The fourth-order valence-corrected chi connectivity index (χ4v) is 3.62. The molecule has 0 aliphatic rings.